The Bertz CT molecular complexity index is 173. The van der Waals surface area contributed by atoms with Crippen molar-refractivity contribution in [2.75, 3.05) is 26.2 Å². The molecule has 2 aliphatic rings. The second-order valence-corrected chi connectivity index (χ2v) is 5.09. The zero-order valence-corrected chi connectivity index (χ0v) is 8.97. The predicted octanol–water partition coefficient (Wildman–Crippen LogP) is 1.47. The summed E-state index contributed by atoms with van der Waals surface area (Å²) in [4.78, 5) is 2.63. The van der Waals surface area contributed by atoms with E-state index in [9.17, 15) is 0 Å². The van der Waals surface area contributed by atoms with Crippen molar-refractivity contribution in [3.8, 4) is 0 Å². The summed E-state index contributed by atoms with van der Waals surface area (Å²) in [5, 5.41) is 3.42. The molecule has 0 unspecified atom stereocenters. The lowest BCUT2D eigenvalue weighted by molar-refractivity contribution is 0.135. The molecule has 0 aliphatic carbocycles. The van der Waals surface area contributed by atoms with Crippen molar-refractivity contribution in [3.05, 3.63) is 0 Å². The zero-order valence-electron chi connectivity index (χ0n) is 8.97. The number of likely N-dealkylation sites (tertiary alicyclic amines) is 1. The van der Waals surface area contributed by atoms with Crippen molar-refractivity contribution in [1.29, 1.82) is 0 Å². The van der Waals surface area contributed by atoms with Gasteiger partial charge in [0, 0.05) is 19.1 Å². The van der Waals surface area contributed by atoms with E-state index >= 15 is 0 Å². The second-order valence-electron chi connectivity index (χ2n) is 5.09. The van der Waals surface area contributed by atoms with Crippen LogP contribution in [0.5, 0.6) is 0 Å². The van der Waals surface area contributed by atoms with Gasteiger partial charge in [-0.15, -0.1) is 0 Å². The summed E-state index contributed by atoms with van der Waals surface area (Å²) in [7, 11) is 0. The molecule has 0 aromatic rings. The molecule has 2 nitrogen and oxygen atoms in total. The minimum absolute atomic E-state index is 0.698. The molecule has 0 atom stereocenters. The molecule has 2 heterocycles. The fraction of sp³-hybridized carbons (Fsp3) is 1.00. The van der Waals surface area contributed by atoms with Gasteiger partial charge < -0.3 is 10.2 Å². The molecule has 2 aliphatic heterocycles. The molecule has 1 spiro atoms. The Morgan fingerprint density at radius 3 is 2.46 bits per heavy atom. The van der Waals surface area contributed by atoms with E-state index in [-0.39, 0.29) is 0 Å². The minimum atomic E-state index is 0.698. The first-order chi connectivity index (χ1) is 6.22. The predicted molar refractivity (Wildman–Crippen MR) is 55.9 cm³/mol. The van der Waals surface area contributed by atoms with E-state index < -0.39 is 0 Å². The smallest absolute Gasteiger partial charge is 0.00385 e. The molecule has 76 valence electrons. The van der Waals surface area contributed by atoms with Crippen LogP contribution in [-0.4, -0.2) is 37.1 Å². The maximum Gasteiger partial charge on any atom is 0.00385 e. The van der Waals surface area contributed by atoms with Crippen molar-refractivity contribution in [2.24, 2.45) is 5.41 Å². The van der Waals surface area contributed by atoms with Gasteiger partial charge in [0.15, 0.2) is 0 Å². The van der Waals surface area contributed by atoms with E-state index in [1.54, 1.807) is 0 Å². The van der Waals surface area contributed by atoms with Gasteiger partial charge in [-0.05, 0) is 51.6 Å². The quantitative estimate of drug-likeness (QED) is 0.660. The highest BCUT2D eigenvalue weighted by molar-refractivity contribution is 4.94. The van der Waals surface area contributed by atoms with Gasteiger partial charge in [0.1, 0.15) is 0 Å². The molecule has 2 saturated heterocycles. The van der Waals surface area contributed by atoms with Crippen LogP contribution in [0, 0.1) is 5.41 Å². The first-order valence-corrected chi connectivity index (χ1v) is 5.67. The highest BCUT2D eigenvalue weighted by atomic mass is 15.2. The van der Waals surface area contributed by atoms with E-state index in [4.69, 9.17) is 0 Å². The number of hydrogen-bond acceptors (Lipinski definition) is 2. The van der Waals surface area contributed by atoms with Crippen molar-refractivity contribution in [2.45, 2.75) is 39.2 Å². The summed E-state index contributed by atoms with van der Waals surface area (Å²) >= 11 is 0. The maximum absolute atomic E-state index is 3.42. The van der Waals surface area contributed by atoms with Crippen LogP contribution in [0.1, 0.15) is 33.1 Å². The molecule has 0 aromatic carbocycles. The third-order valence-corrected chi connectivity index (χ3v) is 3.81. The highest BCUT2D eigenvalue weighted by Crippen LogP contribution is 2.35. The third kappa shape index (κ3) is 1.89. The van der Waals surface area contributed by atoms with Gasteiger partial charge in [-0.3, -0.25) is 0 Å². The lowest BCUT2D eigenvalue weighted by Crippen LogP contribution is -2.53. The number of hydrogen-bond donors (Lipinski definition) is 1. The normalized spacial score (nSPS) is 28.8. The molecule has 2 fully saturated rings. The summed E-state index contributed by atoms with van der Waals surface area (Å²) in [6.07, 6.45) is 4.27. The van der Waals surface area contributed by atoms with Gasteiger partial charge in [0.2, 0.25) is 0 Å². The van der Waals surface area contributed by atoms with Gasteiger partial charge in [0.05, 0.1) is 0 Å². The second kappa shape index (κ2) is 3.58. The van der Waals surface area contributed by atoms with Crippen LogP contribution in [0.25, 0.3) is 0 Å². The van der Waals surface area contributed by atoms with Gasteiger partial charge in [0.25, 0.3) is 0 Å². The van der Waals surface area contributed by atoms with Crippen molar-refractivity contribution in [1.82, 2.24) is 10.2 Å². The van der Waals surface area contributed by atoms with E-state index in [1.165, 1.54) is 45.4 Å². The standard InChI is InChI=1S/C11H22N2/c1-10(2)13-6-3-4-11(5-7-13)8-12-9-11/h10,12H,3-9H2,1-2H3. The highest BCUT2D eigenvalue weighted by Gasteiger charge is 2.37. The number of nitrogens with zero attached hydrogens (tertiary/aromatic N) is 1. The monoisotopic (exact) mass is 182 g/mol. The fourth-order valence-corrected chi connectivity index (χ4v) is 2.62. The van der Waals surface area contributed by atoms with E-state index in [0.717, 1.165) is 6.04 Å². The van der Waals surface area contributed by atoms with Gasteiger partial charge in [-0.1, -0.05) is 0 Å². The number of nitrogens with one attached hydrogen (secondary N) is 1. The largest absolute Gasteiger partial charge is 0.316 e. The SMILES string of the molecule is CC(C)N1CCCC2(CC1)CNC2. The summed E-state index contributed by atoms with van der Waals surface area (Å²) < 4.78 is 0. The fourth-order valence-electron chi connectivity index (χ4n) is 2.62. The van der Waals surface area contributed by atoms with Crippen molar-refractivity contribution in [3.63, 3.8) is 0 Å². The summed E-state index contributed by atoms with van der Waals surface area (Å²) in [5.74, 6) is 0. The Hall–Kier alpha value is -0.0800. The van der Waals surface area contributed by atoms with Gasteiger partial charge >= 0.3 is 0 Å². The van der Waals surface area contributed by atoms with Crippen molar-refractivity contribution < 1.29 is 0 Å². The Balaban J connectivity index is 1.90. The molecular weight excluding hydrogens is 160 g/mol. The topological polar surface area (TPSA) is 15.3 Å². The van der Waals surface area contributed by atoms with Crippen LogP contribution < -0.4 is 5.32 Å². The lowest BCUT2D eigenvalue weighted by atomic mass is 9.75. The number of rotatable bonds is 1. The van der Waals surface area contributed by atoms with Crippen LogP contribution in [0.4, 0.5) is 0 Å². The Kier molecular flexibility index (Phi) is 2.61. The van der Waals surface area contributed by atoms with Gasteiger partial charge in [-0.25, -0.2) is 0 Å². The Morgan fingerprint density at radius 2 is 1.92 bits per heavy atom. The average molecular weight is 182 g/mol. The molecule has 0 saturated carbocycles. The molecule has 13 heavy (non-hydrogen) atoms. The van der Waals surface area contributed by atoms with Crippen LogP contribution in [0.2, 0.25) is 0 Å². The maximum atomic E-state index is 3.42. The minimum Gasteiger partial charge on any atom is -0.316 e. The first kappa shape index (κ1) is 9.47. The van der Waals surface area contributed by atoms with Gasteiger partial charge in [-0.2, -0.15) is 0 Å². The van der Waals surface area contributed by atoms with Crippen LogP contribution in [0.15, 0.2) is 0 Å². The average Bonchev–Trinajstić information content (AvgIpc) is 2.24. The van der Waals surface area contributed by atoms with Crippen LogP contribution >= 0.6 is 0 Å². The lowest BCUT2D eigenvalue weighted by Gasteiger charge is -2.42. The summed E-state index contributed by atoms with van der Waals surface area (Å²) in [6, 6.07) is 0.739. The zero-order chi connectivity index (χ0) is 9.31. The molecule has 0 aromatic heterocycles. The molecule has 2 heteroatoms. The molecule has 1 N–H and O–H groups in total. The molecule has 0 radical (unpaired) electrons. The Labute approximate surface area is 81.7 Å². The van der Waals surface area contributed by atoms with E-state index in [0.29, 0.717) is 5.41 Å². The Morgan fingerprint density at radius 1 is 1.15 bits per heavy atom. The van der Waals surface area contributed by atoms with E-state index in [1.807, 2.05) is 0 Å². The third-order valence-electron chi connectivity index (χ3n) is 3.81. The van der Waals surface area contributed by atoms with Crippen LogP contribution in [0.3, 0.4) is 0 Å². The first-order valence-electron chi connectivity index (χ1n) is 5.67. The summed E-state index contributed by atoms with van der Waals surface area (Å²) in [6.45, 7) is 9.82. The molecule has 0 bridgehead atoms. The van der Waals surface area contributed by atoms with Crippen LogP contribution in [-0.2, 0) is 0 Å². The van der Waals surface area contributed by atoms with Crippen molar-refractivity contribution >= 4 is 0 Å². The molecule has 0 amide bonds. The van der Waals surface area contributed by atoms with E-state index in [2.05, 4.69) is 24.1 Å². The molecule has 2 rings (SSSR count). The molecular formula is C11H22N2. The summed E-state index contributed by atoms with van der Waals surface area (Å²) in [5.41, 5.74) is 0.698.